The summed E-state index contributed by atoms with van der Waals surface area (Å²) in [6.45, 7) is 3.51. The number of hydrogen-bond acceptors (Lipinski definition) is 4. The van der Waals surface area contributed by atoms with Crippen LogP contribution in [0.3, 0.4) is 0 Å². The Balaban J connectivity index is 1.59. The van der Waals surface area contributed by atoms with Gasteiger partial charge in [0.15, 0.2) is 11.5 Å². The average molecular weight is 311 g/mol. The van der Waals surface area contributed by atoms with Crippen LogP contribution in [0.25, 0.3) is 0 Å². The van der Waals surface area contributed by atoms with Crippen LogP contribution >= 0.6 is 11.6 Å². The first-order chi connectivity index (χ1) is 10.1. The highest BCUT2D eigenvalue weighted by Crippen LogP contribution is 2.36. The van der Waals surface area contributed by atoms with E-state index < -0.39 is 0 Å². The molecule has 2 heterocycles. The van der Waals surface area contributed by atoms with Crippen LogP contribution in [0, 0.1) is 0 Å². The molecule has 1 atom stereocenters. The molecule has 1 aromatic rings. The van der Waals surface area contributed by atoms with Gasteiger partial charge in [0.25, 0.3) is 0 Å². The Labute approximate surface area is 131 Å². The van der Waals surface area contributed by atoms with Crippen molar-refractivity contribution < 1.29 is 9.47 Å². The van der Waals surface area contributed by atoms with E-state index in [1.54, 1.807) is 0 Å². The van der Waals surface area contributed by atoms with Crippen molar-refractivity contribution in [2.24, 2.45) is 0 Å². The van der Waals surface area contributed by atoms with E-state index in [-0.39, 0.29) is 5.38 Å². The third kappa shape index (κ3) is 3.44. The van der Waals surface area contributed by atoms with Gasteiger partial charge in [-0.3, -0.25) is 0 Å². The van der Waals surface area contributed by atoms with Crippen LogP contribution in [0.2, 0.25) is 0 Å². The third-order valence-electron chi connectivity index (χ3n) is 4.52. The van der Waals surface area contributed by atoms with Crippen LogP contribution in [-0.4, -0.2) is 56.4 Å². The van der Waals surface area contributed by atoms with Crippen molar-refractivity contribution in [2.75, 3.05) is 40.5 Å². The fourth-order valence-corrected chi connectivity index (χ4v) is 3.40. The lowest BCUT2D eigenvalue weighted by Crippen LogP contribution is -2.42. The first-order valence-corrected chi connectivity index (χ1v) is 7.99. The quantitative estimate of drug-likeness (QED) is 0.798. The Morgan fingerprint density at radius 2 is 2.00 bits per heavy atom. The Morgan fingerprint density at radius 1 is 1.29 bits per heavy atom. The molecule has 0 N–H and O–H groups in total. The van der Waals surface area contributed by atoms with Crippen molar-refractivity contribution in [1.29, 1.82) is 0 Å². The molecule has 1 aromatic carbocycles. The molecule has 4 nitrogen and oxygen atoms in total. The van der Waals surface area contributed by atoms with Crippen molar-refractivity contribution in [2.45, 2.75) is 24.3 Å². The monoisotopic (exact) mass is 310 g/mol. The Kier molecular flexibility index (Phi) is 4.57. The lowest BCUT2D eigenvalue weighted by molar-refractivity contribution is 0.144. The maximum Gasteiger partial charge on any atom is 0.231 e. The number of alkyl halides is 1. The normalized spacial score (nSPS) is 21.0. The number of likely N-dealkylation sites (N-methyl/N-ethyl adjacent to an activating group) is 1. The van der Waals surface area contributed by atoms with Crippen LogP contribution in [0.5, 0.6) is 11.5 Å². The largest absolute Gasteiger partial charge is 0.454 e. The first-order valence-electron chi connectivity index (χ1n) is 7.56. The number of nitrogens with zero attached hydrogens (tertiary/aromatic N) is 2. The summed E-state index contributed by atoms with van der Waals surface area (Å²) in [5.74, 6) is 1.62. The number of fused-ring (bicyclic) bond motifs is 1. The van der Waals surface area contributed by atoms with Gasteiger partial charge in [-0.2, -0.15) is 0 Å². The number of piperidine rings is 1. The minimum Gasteiger partial charge on any atom is -0.454 e. The molecular formula is C16H23ClN2O2. The number of benzene rings is 1. The van der Waals surface area contributed by atoms with E-state index in [0.29, 0.717) is 12.8 Å². The molecule has 0 amide bonds. The molecule has 21 heavy (non-hydrogen) atoms. The summed E-state index contributed by atoms with van der Waals surface area (Å²) in [7, 11) is 4.37. The fourth-order valence-electron chi connectivity index (χ4n) is 3.05. The Bertz CT molecular complexity index is 489. The van der Waals surface area contributed by atoms with Gasteiger partial charge in [-0.15, -0.1) is 11.6 Å². The molecule has 3 rings (SSSR count). The van der Waals surface area contributed by atoms with Crippen LogP contribution < -0.4 is 9.47 Å². The van der Waals surface area contributed by atoms with Gasteiger partial charge in [0.05, 0.1) is 5.38 Å². The number of rotatable bonds is 4. The van der Waals surface area contributed by atoms with Gasteiger partial charge in [-0.1, -0.05) is 6.07 Å². The molecule has 0 aliphatic carbocycles. The second-order valence-corrected chi connectivity index (χ2v) is 6.58. The summed E-state index contributed by atoms with van der Waals surface area (Å²) in [5.41, 5.74) is 1.10. The maximum absolute atomic E-state index is 6.60. The van der Waals surface area contributed by atoms with Crippen molar-refractivity contribution in [3.8, 4) is 11.5 Å². The molecule has 5 heteroatoms. The van der Waals surface area contributed by atoms with E-state index in [2.05, 4.69) is 23.9 Å². The maximum atomic E-state index is 6.60. The van der Waals surface area contributed by atoms with E-state index in [9.17, 15) is 0 Å². The minimum absolute atomic E-state index is 0.0239. The van der Waals surface area contributed by atoms with Crippen molar-refractivity contribution >= 4 is 11.6 Å². The van der Waals surface area contributed by atoms with E-state index in [0.717, 1.165) is 23.6 Å². The third-order valence-corrected chi connectivity index (χ3v) is 4.91. The Morgan fingerprint density at radius 3 is 2.76 bits per heavy atom. The van der Waals surface area contributed by atoms with E-state index >= 15 is 0 Å². The number of hydrogen-bond donors (Lipinski definition) is 0. The SMILES string of the molecule is CN1CCC(N(C)CC(Cl)c2ccc3c(c2)OCO3)CC1. The van der Waals surface area contributed by atoms with Gasteiger partial charge in [-0.25, -0.2) is 0 Å². The highest BCUT2D eigenvalue weighted by atomic mass is 35.5. The van der Waals surface area contributed by atoms with Crippen molar-refractivity contribution in [1.82, 2.24) is 9.80 Å². The van der Waals surface area contributed by atoms with E-state index in [1.807, 2.05) is 18.2 Å². The summed E-state index contributed by atoms with van der Waals surface area (Å²) in [5, 5.41) is -0.0239. The molecular weight excluding hydrogens is 288 g/mol. The van der Waals surface area contributed by atoms with Crippen molar-refractivity contribution in [3.63, 3.8) is 0 Å². The van der Waals surface area contributed by atoms with Gasteiger partial charge in [0.1, 0.15) is 0 Å². The van der Waals surface area contributed by atoms with Gasteiger partial charge >= 0.3 is 0 Å². The standard InChI is InChI=1S/C16H23ClN2O2/c1-18-7-5-13(6-8-18)19(2)10-14(17)12-3-4-15-16(9-12)21-11-20-15/h3-4,9,13-14H,5-8,10-11H2,1-2H3. The lowest BCUT2D eigenvalue weighted by atomic mass is 10.0. The van der Waals surface area contributed by atoms with Crippen LogP contribution in [0.4, 0.5) is 0 Å². The average Bonchev–Trinajstić information content (AvgIpc) is 2.95. The predicted octanol–water partition coefficient (Wildman–Crippen LogP) is 2.72. The first kappa shape index (κ1) is 14.9. The van der Waals surface area contributed by atoms with Gasteiger partial charge < -0.3 is 19.3 Å². The minimum atomic E-state index is -0.0239. The van der Waals surface area contributed by atoms with Gasteiger partial charge in [0.2, 0.25) is 6.79 Å². The molecule has 2 aliphatic rings. The topological polar surface area (TPSA) is 24.9 Å². The highest BCUT2D eigenvalue weighted by molar-refractivity contribution is 6.21. The molecule has 0 aromatic heterocycles. The molecule has 2 aliphatic heterocycles. The second kappa shape index (κ2) is 6.42. The summed E-state index contributed by atoms with van der Waals surface area (Å²) in [6.07, 6.45) is 2.44. The zero-order valence-electron chi connectivity index (χ0n) is 12.7. The highest BCUT2D eigenvalue weighted by Gasteiger charge is 2.23. The number of ether oxygens (including phenoxy) is 2. The fraction of sp³-hybridized carbons (Fsp3) is 0.625. The molecule has 0 spiro atoms. The zero-order valence-corrected chi connectivity index (χ0v) is 13.5. The summed E-state index contributed by atoms with van der Waals surface area (Å²) in [4.78, 5) is 4.79. The van der Waals surface area contributed by atoms with Crippen molar-refractivity contribution in [3.05, 3.63) is 23.8 Å². The molecule has 0 saturated carbocycles. The van der Waals surface area contributed by atoms with Crippen LogP contribution in [0.15, 0.2) is 18.2 Å². The lowest BCUT2D eigenvalue weighted by Gasteiger charge is -2.36. The number of halogens is 1. The van der Waals surface area contributed by atoms with Crippen LogP contribution in [0.1, 0.15) is 23.8 Å². The molecule has 1 unspecified atom stereocenters. The van der Waals surface area contributed by atoms with E-state index in [4.69, 9.17) is 21.1 Å². The number of likely N-dealkylation sites (tertiary alicyclic amines) is 1. The predicted molar refractivity (Wildman–Crippen MR) is 84.3 cm³/mol. The zero-order chi connectivity index (χ0) is 14.8. The van der Waals surface area contributed by atoms with Gasteiger partial charge in [0, 0.05) is 12.6 Å². The van der Waals surface area contributed by atoms with E-state index in [1.165, 1.54) is 25.9 Å². The molecule has 0 radical (unpaired) electrons. The molecule has 1 saturated heterocycles. The summed E-state index contributed by atoms with van der Waals surface area (Å²) < 4.78 is 10.8. The smallest absolute Gasteiger partial charge is 0.231 e. The second-order valence-electron chi connectivity index (χ2n) is 6.05. The molecule has 0 bridgehead atoms. The molecule has 116 valence electrons. The van der Waals surface area contributed by atoms with Crippen LogP contribution in [-0.2, 0) is 0 Å². The molecule has 1 fully saturated rings. The Hall–Kier alpha value is -0.970. The van der Waals surface area contributed by atoms with Gasteiger partial charge in [-0.05, 0) is 57.7 Å². The summed E-state index contributed by atoms with van der Waals surface area (Å²) in [6, 6.07) is 6.62. The summed E-state index contributed by atoms with van der Waals surface area (Å²) >= 11 is 6.60.